The van der Waals surface area contributed by atoms with E-state index < -0.39 is 8.80 Å². The van der Waals surface area contributed by atoms with Gasteiger partial charge in [-0.25, -0.2) is 0 Å². The minimum absolute atomic E-state index is 0.00472. The first-order chi connectivity index (χ1) is 7.68. The van der Waals surface area contributed by atoms with Crippen LogP contribution in [0.2, 0.25) is 0 Å². The Morgan fingerprint density at radius 1 is 1.00 bits per heavy atom. The number of rotatable bonds is 6. The topological polar surface area (TPSA) is 39.7 Å². The van der Waals surface area contributed by atoms with Gasteiger partial charge < -0.3 is 18.6 Å². The van der Waals surface area contributed by atoms with E-state index in [1.807, 2.05) is 37.3 Å². The van der Waals surface area contributed by atoms with E-state index >= 15 is 0 Å². The molecule has 1 unspecified atom stereocenters. The van der Waals surface area contributed by atoms with Gasteiger partial charge in [-0.15, -0.1) is 0 Å². The number of hydrogen-bond donors (Lipinski definition) is 1. The molecule has 1 aromatic rings. The van der Waals surface area contributed by atoms with Crippen molar-refractivity contribution in [2.45, 2.75) is 12.6 Å². The molecule has 1 atom stereocenters. The maximum absolute atomic E-state index is 5.40. The Bertz CT molecular complexity index is 295. The Labute approximate surface area is 97.9 Å². The van der Waals surface area contributed by atoms with Crippen molar-refractivity contribution in [2.75, 3.05) is 26.6 Å². The fourth-order valence-corrected chi connectivity index (χ4v) is 3.56. The first-order valence-electron chi connectivity index (χ1n) is 5.15. The molecule has 0 aromatic heterocycles. The molecule has 0 saturated heterocycles. The number of nitrogens with one attached hydrogen (secondary N) is 1. The lowest BCUT2D eigenvalue weighted by molar-refractivity contribution is 0.117. The molecular formula is C11H19NO3Si. The maximum Gasteiger partial charge on any atom is 0.523 e. The molecule has 1 rings (SSSR count). The van der Waals surface area contributed by atoms with Gasteiger partial charge >= 0.3 is 8.80 Å². The van der Waals surface area contributed by atoms with Crippen molar-refractivity contribution in [2.24, 2.45) is 0 Å². The largest absolute Gasteiger partial charge is 0.523 e. The number of anilines is 1. The van der Waals surface area contributed by atoms with Gasteiger partial charge in [0.25, 0.3) is 0 Å². The van der Waals surface area contributed by atoms with Gasteiger partial charge in [-0.1, -0.05) is 18.2 Å². The van der Waals surface area contributed by atoms with E-state index in [4.69, 9.17) is 13.3 Å². The highest BCUT2D eigenvalue weighted by Crippen LogP contribution is 2.16. The predicted molar refractivity (Wildman–Crippen MR) is 66.3 cm³/mol. The van der Waals surface area contributed by atoms with Crippen molar-refractivity contribution in [3.63, 3.8) is 0 Å². The molecule has 0 aliphatic carbocycles. The van der Waals surface area contributed by atoms with Crippen LogP contribution in [-0.2, 0) is 13.3 Å². The van der Waals surface area contributed by atoms with Crippen LogP contribution in [0, 0.1) is 0 Å². The quantitative estimate of drug-likeness (QED) is 0.772. The second kappa shape index (κ2) is 6.00. The summed E-state index contributed by atoms with van der Waals surface area (Å²) in [6.07, 6.45) is 0. The molecule has 4 nitrogen and oxygen atoms in total. The summed E-state index contributed by atoms with van der Waals surface area (Å²) in [5.74, 6) is 0. The van der Waals surface area contributed by atoms with Gasteiger partial charge in [0, 0.05) is 27.0 Å². The molecule has 16 heavy (non-hydrogen) atoms. The molecule has 0 heterocycles. The molecule has 1 N–H and O–H groups in total. The molecular weight excluding hydrogens is 222 g/mol. The van der Waals surface area contributed by atoms with Crippen LogP contribution in [0.25, 0.3) is 0 Å². The Kier molecular flexibility index (Phi) is 4.95. The second-order valence-corrected chi connectivity index (χ2v) is 6.75. The summed E-state index contributed by atoms with van der Waals surface area (Å²) in [6.45, 7) is 2.00. The fraction of sp³-hybridized carbons (Fsp3) is 0.455. The minimum atomic E-state index is -2.61. The van der Waals surface area contributed by atoms with Crippen LogP contribution >= 0.6 is 0 Å². The highest BCUT2D eigenvalue weighted by Gasteiger charge is 2.44. The van der Waals surface area contributed by atoms with Crippen LogP contribution in [0.5, 0.6) is 0 Å². The van der Waals surface area contributed by atoms with E-state index in [9.17, 15) is 0 Å². The average Bonchev–Trinajstić information content (AvgIpc) is 2.33. The molecule has 0 aliphatic heterocycles. The molecule has 5 heteroatoms. The number of hydrogen-bond acceptors (Lipinski definition) is 4. The fourth-order valence-electron chi connectivity index (χ4n) is 1.65. The molecule has 0 radical (unpaired) electrons. The molecule has 0 saturated carbocycles. The molecule has 90 valence electrons. The lowest BCUT2D eigenvalue weighted by Gasteiger charge is -2.31. The zero-order chi connectivity index (χ0) is 12.0. The maximum atomic E-state index is 5.40. The average molecular weight is 241 g/mol. The monoisotopic (exact) mass is 241 g/mol. The highest BCUT2D eigenvalue weighted by atomic mass is 28.4. The van der Waals surface area contributed by atoms with Gasteiger partial charge in [-0.05, 0) is 19.1 Å². The predicted octanol–water partition coefficient (Wildman–Crippen LogP) is 1.90. The van der Waals surface area contributed by atoms with E-state index in [-0.39, 0.29) is 5.67 Å². The van der Waals surface area contributed by atoms with Crippen molar-refractivity contribution in [3.8, 4) is 0 Å². The minimum Gasteiger partial charge on any atom is -0.378 e. The summed E-state index contributed by atoms with van der Waals surface area (Å²) < 4.78 is 16.2. The Hall–Kier alpha value is -0.883. The first-order valence-corrected chi connectivity index (χ1v) is 6.95. The van der Waals surface area contributed by atoms with Crippen molar-refractivity contribution in [3.05, 3.63) is 30.3 Å². The van der Waals surface area contributed by atoms with Crippen LogP contribution < -0.4 is 5.32 Å². The van der Waals surface area contributed by atoms with Gasteiger partial charge in [0.05, 0.1) is 5.67 Å². The van der Waals surface area contributed by atoms with E-state index in [0.29, 0.717) is 0 Å². The first kappa shape index (κ1) is 13.2. The van der Waals surface area contributed by atoms with E-state index in [1.54, 1.807) is 21.3 Å². The Balaban J connectivity index is 2.73. The van der Waals surface area contributed by atoms with Crippen LogP contribution in [-0.4, -0.2) is 35.8 Å². The lowest BCUT2D eigenvalue weighted by atomic mass is 10.3. The third-order valence-electron chi connectivity index (χ3n) is 2.54. The molecule has 0 amide bonds. The number of para-hydroxylation sites is 1. The third-order valence-corrected chi connectivity index (χ3v) is 5.45. The van der Waals surface area contributed by atoms with Gasteiger partial charge in [0.1, 0.15) is 0 Å². The molecule has 0 aliphatic rings. The summed E-state index contributed by atoms with van der Waals surface area (Å²) in [7, 11) is 2.23. The van der Waals surface area contributed by atoms with Gasteiger partial charge in [0.2, 0.25) is 0 Å². The molecule has 0 spiro atoms. The summed E-state index contributed by atoms with van der Waals surface area (Å²) in [5, 5.41) is 3.32. The lowest BCUT2D eigenvalue weighted by Crippen LogP contribution is -2.56. The zero-order valence-electron chi connectivity index (χ0n) is 10.2. The van der Waals surface area contributed by atoms with Crippen molar-refractivity contribution >= 4 is 14.5 Å². The highest BCUT2D eigenvalue weighted by molar-refractivity contribution is 6.62. The summed E-state index contributed by atoms with van der Waals surface area (Å²) in [6, 6.07) is 9.92. The van der Waals surface area contributed by atoms with Gasteiger partial charge in [-0.3, -0.25) is 0 Å². The van der Waals surface area contributed by atoms with Crippen molar-refractivity contribution in [1.29, 1.82) is 0 Å². The third kappa shape index (κ3) is 2.82. The van der Waals surface area contributed by atoms with Crippen LogP contribution in [0.1, 0.15) is 6.92 Å². The smallest absolute Gasteiger partial charge is 0.378 e. The zero-order valence-corrected chi connectivity index (χ0v) is 11.2. The van der Waals surface area contributed by atoms with E-state index in [0.717, 1.165) is 5.69 Å². The summed E-state index contributed by atoms with van der Waals surface area (Å²) in [5.41, 5.74) is 1.02. The molecule has 0 fully saturated rings. The Morgan fingerprint density at radius 3 is 1.94 bits per heavy atom. The van der Waals surface area contributed by atoms with Gasteiger partial charge in [-0.2, -0.15) is 0 Å². The van der Waals surface area contributed by atoms with E-state index in [2.05, 4.69) is 5.32 Å². The normalized spacial score (nSPS) is 13.5. The van der Waals surface area contributed by atoms with Crippen LogP contribution in [0.3, 0.4) is 0 Å². The van der Waals surface area contributed by atoms with Crippen LogP contribution in [0.4, 0.5) is 5.69 Å². The van der Waals surface area contributed by atoms with Crippen molar-refractivity contribution < 1.29 is 13.3 Å². The summed E-state index contributed by atoms with van der Waals surface area (Å²) >= 11 is 0. The molecule has 1 aromatic carbocycles. The Morgan fingerprint density at radius 2 is 1.50 bits per heavy atom. The SMILES string of the molecule is CO[Si](OC)(OC)C(C)Nc1ccccc1. The summed E-state index contributed by atoms with van der Waals surface area (Å²) in [4.78, 5) is 0. The van der Waals surface area contributed by atoms with Crippen molar-refractivity contribution in [1.82, 2.24) is 0 Å². The van der Waals surface area contributed by atoms with E-state index in [1.165, 1.54) is 0 Å². The molecule has 0 bridgehead atoms. The van der Waals surface area contributed by atoms with Crippen LogP contribution in [0.15, 0.2) is 30.3 Å². The second-order valence-electron chi connectivity index (χ2n) is 3.45. The van der Waals surface area contributed by atoms with Gasteiger partial charge in [0.15, 0.2) is 0 Å². The number of benzene rings is 1. The standard InChI is InChI=1S/C11H19NO3Si/c1-10(16(13-2,14-3)15-4)12-11-8-6-5-7-9-11/h5-10,12H,1-4H3.